The Hall–Kier alpha value is -1.09. The van der Waals surface area contributed by atoms with Gasteiger partial charge in [0, 0.05) is 6.04 Å². The Morgan fingerprint density at radius 3 is 2.58 bits per heavy atom. The van der Waals surface area contributed by atoms with Crippen molar-refractivity contribution in [2.45, 2.75) is 64.5 Å². The van der Waals surface area contributed by atoms with E-state index in [-0.39, 0.29) is 0 Å². The van der Waals surface area contributed by atoms with Gasteiger partial charge < -0.3 is 10.1 Å². The molecule has 0 spiro atoms. The minimum atomic E-state index is 0.303. The molecular formula is C16H26N2O. The second kappa shape index (κ2) is 7.49. The summed E-state index contributed by atoms with van der Waals surface area (Å²) < 4.78 is 6.05. The third-order valence-corrected chi connectivity index (χ3v) is 3.82. The van der Waals surface area contributed by atoms with Gasteiger partial charge in [-0.3, -0.25) is 4.98 Å². The van der Waals surface area contributed by atoms with E-state index in [1.807, 2.05) is 6.20 Å². The Morgan fingerprint density at radius 1 is 1.26 bits per heavy atom. The number of ether oxygens (including phenoxy) is 1. The topological polar surface area (TPSA) is 34.1 Å². The molecule has 1 aromatic heterocycles. The van der Waals surface area contributed by atoms with E-state index >= 15 is 0 Å². The van der Waals surface area contributed by atoms with Gasteiger partial charge >= 0.3 is 0 Å². The van der Waals surface area contributed by atoms with Crippen molar-refractivity contribution >= 4 is 0 Å². The third kappa shape index (κ3) is 4.50. The van der Waals surface area contributed by atoms with Crippen molar-refractivity contribution in [2.24, 2.45) is 0 Å². The molecule has 1 saturated carbocycles. The van der Waals surface area contributed by atoms with Gasteiger partial charge in [0.05, 0.1) is 18.0 Å². The van der Waals surface area contributed by atoms with E-state index in [4.69, 9.17) is 4.74 Å². The fourth-order valence-electron chi connectivity index (χ4n) is 2.68. The number of nitrogens with zero attached hydrogens (tertiary/aromatic N) is 1. The van der Waals surface area contributed by atoms with Gasteiger partial charge in [-0.2, -0.15) is 0 Å². The van der Waals surface area contributed by atoms with E-state index in [9.17, 15) is 0 Å². The zero-order valence-corrected chi connectivity index (χ0v) is 12.2. The van der Waals surface area contributed by atoms with Crippen molar-refractivity contribution in [3.63, 3.8) is 0 Å². The summed E-state index contributed by atoms with van der Waals surface area (Å²) in [5.41, 5.74) is 1.08. The van der Waals surface area contributed by atoms with Gasteiger partial charge in [0.2, 0.25) is 0 Å². The maximum absolute atomic E-state index is 6.05. The second-order valence-corrected chi connectivity index (χ2v) is 5.43. The number of pyridine rings is 1. The summed E-state index contributed by atoms with van der Waals surface area (Å²) in [5, 5.41) is 3.37. The Labute approximate surface area is 116 Å². The van der Waals surface area contributed by atoms with Crippen molar-refractivity contribution < 1.29 is 4.74 Å². The molecule has 1 fully saturated rings. The largest absolute Gasteiger partial charge is 0.489 e. The molecule has 1 aliphatic carbocycles. The van der Waals surface area contributed by atoms with Crippen LogP contribution in [0, 0.1) is 0 Å². The van der Waals surface area contributed by atoms with Crippen molar-refractivity contribution in [3.8, 4) is 5.75 Å². The zero-order chi connectivity index (χ0) is 13.5. The quantitative estimate of drug-likeness (QED) is 0.818. The second-order valence-electron chi connectivity index (χ2n) is 5.43. The molecule has 0 aliphatic heterocycles. The van der Waals surface area contributed by atoms with Crippen molar-refractivity contribution in [1.82, 2.24) is 10.3 Å². The Bertz CT molecular complexity index is 356. The van der Waals surface area contributed by atoms with Crippen LogP contribution in [-0.2, 0) is 0 Å². The van der Waals surface area contributed by atoms with E-state index in [0.29, 0.717) is 12.1 Å². The Balaban J connectivity index is 1.90. The first kappa shape index (κ1) is 14.3. The highest BCUT2D eigenvalue weighted by atomic mass is 16.5. The first-order chi connectivity index (χ1) is 9.29. The molecule has 1 unspecified atom stereocenters. The predicted octanol–water partition coefficient (Wildman–Crippen LogP) is 3.85. The summed E-state index contributed by atoms with van der Waals surface area (Å²) in [6.45, 7) is 5.21. The van der Waals surface area contributed by atoms with Gasteiger partial charge in [-0.15, -0.1) is 0 Å². The van der Waals surface area contributed by atoms with E-state index < -0.39 is 0 Å². The summed E-state index contributed by atoms with van der Waals surface area (Å²) >= 11 is 0. The van der Waals surface area contributed by atoms with Gasteiger partial charge in [-0.1, -0.05) is 19.8 Å². The molecule has 1 atom stereocenters. The van der Waals surface area contributed by atoms with Crippen LogP contribution < -0.4 is 10.1 Å². The van der Waals surface area contributed by atoms with Gasteiger partial charge in [0.25, 0.3) is 0 Å². The van der Waals surface area contributed by atoms with E-state index in [1.165, 1.54) is 38.5 Å². The number of nitrogens with one attached hydrogen (secondary N) is 1. The highest BCUT2D eigenvalue weighted by Gasteiger charge is 2.14. The molecule has 1 aliphatic rings. The molecule has 3 heteroatoms. The smallest absolute Gasteiger partial charge is 0.138 e. The maximum Gasteiger partial charge on any atom is 0.138 e. The number of hydrogen-bond donors (Lipinski definition) is 1. The number of aromatic nitrogens is 1. The van der Waals surface area contributed by atoms with Crippen molar-refractivity contribution in [3.05, 3.63) is 24.0 Å². The molecular weight excluding hydrogens is 236 g/mol. The van der Waals surface area contributed by atoms with Crippen LogP contribution in [0.3, 0.4) is 0 Å². The lowest BCUT2D eigenvalue weighted by atomic mass is 10.1. The van der Waals surface area contributed by atoms with Gasteiger partial charge in [0.1, 0.15) is 5.75 Å². The monoisotopic (exact) mass is 262 g/mol. The summed E-state index contributed by atoms with van der Waals surface area (Å²) in [6, 6.07) is 4.43. The molecule has 0 radical (unpaired) electrons. The van der Waals surface area contributed by atoms with Crippen LogP contribution in [0.2, 0.25) is 0 Å². The summed E-state index contributed by atoms with van der Waals surface area (Å²) in [7, 11) is 0. The van der Waals surface area contributed by atoms with Gasteiger partial charge in [-0.05, 0) is 51.3 Å². The Morgan fingerprint density at radius 2 is 2.00 bits per heavy atom. The minimum Gasteiger partial charge on any atom is -0.489 e. The van der Waals surface area contributed by atoms with Crippen molar-refractivity contribution in [2.75, 3.05) is 6.54 Å². The van der Waals surface area contributed by atoms with Gasteiger partial charge in [-0.25, -0.2) is 0 Å². The minimum absolute atomic E-state index is 0.303. The lowest BCUT2D eigenvalue weighted by molar-refractivity contribution is 0.183. The average Bonchev–Trinajstić information content (AvgIpc) is 2.68. The molecule has 0 amide bonds. The Kier molecular flexibility index (Phi) is 5.64. The molecule has 1 aromatic rings. The molecule has 2 rings (SSSR count). The van der Waals surface area contributed by atoms with E-state index in [1.54, 1.807) is 0 Å². The normalized spacial score (nSPS) is 18.8. The zero-order valence-electron chi connectivity index (χ0n) is 12.2. The highest BCUT2D eigenvalue weighted by Crippen LogP contribution is 2.23. The molecule has 1 heterocycles. The molecule has 106 valence electrons. The van der Waals surface area contributed by atoms with Crippen molar-refractivity contribution in [1.29, 1.82) is 0 Å². The average molecular weight is 262 g/mol. The van der Waals surface area contributed by atoms with E-state index in [0.717, 1.165) is 18.0 Å². The maximum atomic E-state index is 6.05. The molecule has 0 bridgehead atoms. The SMILES string of the molecule is CCNC(C)c1ccc(OC2CCCCCC2)cn1. The molecule has 3 nitrogen and oxygen atoms in total. The van der Waals surface area contributed by atoms with Crippen LogP contribution in [0.15, 0.2) is 18.3 Å². The summed E-state index contributed by atoms with van der Waals surface area (Å²) in [4.78, 5) is 4.50. The van der Waals surface area contributed by atoms with Crippen LogP contribution >= 0.6 is 0 Å². The summed E-state index contributed by atoms with van der Waals surface area (Å²) in [6.07, 6.45) is 9.95. The third-order valence-electron chi connectivity index (χ3n) is 3.82. The molecule has 1 N–H and O–H groups in total. The van der Waals surface area contributed by atoms with Crippen LogP contribution in [0.1, 0.15) is 64.1 Å². The summed E-state index contributed by atoms with van der Waals surface area (Å²) in [5.74, 6) is 0.916. The lowest BCUT2D eigenvalue weighted by Gasteiger charge is -2.17. The first-order valence-electron chi connectivity index (χ1n) is 7.65. The molecule has 0 saturated heterocycles. The molecule has 0 aromatic carbocycles. The lowest BCUT2D eigenvalue weighted by Crippen LogP contribution is -2.19. The predicted molar refractivity (Wildman–Crippen MR) is 78.4 cm³/mol. The van der Waals surface area contributed by atoms with Gasteiger partial charge in [0.15, 0.2) is 0 Å². The van der Waals surface area contributed by atoms with Crippen LogP contribution in [0.4, 0.5) is 0 Å². The van der Waals surface area contributed by atoms with Crippen LogP contribution in [0.5, 0.6) is 5.75 Å². The van der Waals surface area contributed by atoms with E-state index in [2.05, 4.69) is 36.3 Å². The fraction of sp³-hybridized carbons (Fsp3) is 0.688. The highest BCUT2D eigenvalue weighted by molar-refractivity contribution is 5.21. The number of rotatable bonds is 5. The molecule has 19 heavy (non-hydrogen) atoms. The van der Waals surface area contributed by atoms with Crippen LogP contribution in [0.25, 0.3) is 0 Å². The fourth-order valence-corrected chi connectivity index (χ4v) is 2.68. The first-order valence-corrected chi connectivity index (χ1v) is 7.65. The van der Waals surface area contributed by atoms with Crippen LogP contribution in [-0.4, -0.2) is 17.6 Å². The standard InChI is InChI=1S/C16H26N2O/c1-3-17-13(2)16-11-10-15(12-18-16)19-14-8-6-4-5-7-9-14/h10-14,17H,3-9H2,1-2H3. The number of hydrogen-bond acceptors (Lipinski definition) is 3.